The fourth-order valence-corrected chi connectivity index (χ4v) is 8.76. The maximum Gasteiger partial charge on any atom is 0.331 e. The van der Waals surface area contributed by atoms with Crippen LogP contribution in [0.2, 0.25) is 0 Å². The van der Waals surface area contributed by atoms with Gasteiger partial charge in [-0.3, -0.25) is 4.79 Å². The van der Waals surface area contributed by atoms with Gasteiger partial charge in [-0.15, -0.1) is 0 Å². The molecule has 404 valence electrons. The Bertz CT molecular complexity index is 2700. The number of aliphatic hydroxyl groups excluding tert-OH is 9. The number of rotatable bonds is 13. The van der Waals surface area contributed by atoms with E-state index in [2.05, 4.69) is 0 Å². The third-order valence-corrected chi connectivity index (χ3v) is 13.0. The second-order valence-corrected chi connectivity index (χ2v) is 18.2. The minimum atomic E-state index is -2.07. The number of aliphatic hydroxyl groups is 9. The molecule has 0 spiro atoms. The van der Waals surface area contributed by atoms with Crippen LogP contribution in [0.1, 0.15) is 26.3 Å². The molecule has 0 aliphatic carbocycles. The zero-order valence-electron chi connectivity index (χ0n) is 39.3. The van der Waals surface area contributed by atoms with E-state index in [1.807, 2.05) is 0 Å². The lowest BCUT2D eigenvalue weighted by molar-refractivity contribution is -0.367. The molecule has 0 bridgehead atoms. The zero-order valence-corrected chi connectivity index (χ0v) is 39.3. The van der Waals surface area contributed by atoms with Crippen LogP contribution >= 0.6 is 0 Å². The van der Waals surface area contributed by atoms with Gasteiger partial charge >= 0.3 is 5.97 Å². The summed E-state index contributed by atoms with van der Waals surface area (Å²) in [7, 11) is 0. The average Bonchev–Trinajstić information content (AvgIpc) is 3.36. The summed E-state index contributed by atoms with van der Waals surface area (Å²) in [5.41, 5.74) is -1.00. The Morgan fingerprint density at radius 1 is 0.581 bits per heavy atom. The standard InChI is InChI=1S/C48H56O26/c1-16-30(54)33(57)37(61)47(67-16)74-44-31(55)17(2)66-45(40(44)64)65-15-27-43(72-28(53)11-6-19-4-8-21(49)9-5-19)36(60)39(63)48(71-27)73-41-18(3)68-46(38(62)35(41)59)69-22-13-25(52)29-26(14-22)70-42(34(58)32(29)56)20-7-10-23(50)24(51)12-20/h4-14,16-18,27,30-31,33,35-41,43-52,54-55,57-64H,15H2,1-3H3/b11-6+. The summed E-state index contributed by atoms with van der Waals surface area (Å²) in [5.74, 6) is -4.62. The monoisotopic (exact) mass is 1050 g/mol. The van der Waals surface area contributed by atoms with E-state index in [9.17, 15) is 81.1 Å². The normalized spacial score (nSPS) is 36.7. The smallest absolute Gasteiger partial charge is 0.331 e. The Morgan fingerprint density at radius 3 is 1.89 bits per heavy atom. The van der Waals surface area contributed by atoms with Gasteiger partial charge < -0.3 is 119 Å². The lowest BCUT2D eigenvalue weighted by atomic mass is 9.96. The van der Waals surface area contributed by atoms with Crippen LogP contribution in [0.4, 0.5) is 0 Å². The lowest BCUT2D eigenvalue weighted by Crippen LogP contribution is -2.65. The number of carbonyl (C=O) groups is 1. The van der Waals surface area contributed by atoms with Crippen molar-refractivity contribution in [1.82, 2.24) is 0 Å². The Balaban J connectivity index is 0.985. The summed E-state index contributed by atoms with van der Waals surface area (Å²) in [4.78, 5) is 26.3. The van der Waals surface area contributed by atoms with E-state index < -0.39 is 175 Å². The number of phenols is 4. The molecule has 0 saturated carbocycles. The van der Waals surface area contributed by atoms with Gasteiger partial charge in [-0.2, -0.15) is 0 Å². The molecule has 0 amide bonds. The first-order valence-electron chi connectivity index (χ1n) is 23.1. The molecule has 4 aromatic rings. The summed E-state index contributed by atoms with van der Waals surface area (Å²) in [6.45, 7) is 3.39. The molecular weight excluding hydrogens is 993 g/mol. The number of ether oxygens (including phenoxy) is 9. The van der Waals surface area contributed by atoms with Gasteiger partial charge in [0.1, 0.15) is 101 Å². The minimum Gasteiger partial charge on any atom is -0.508 e. The van der Waals surface area contributed by atoms with E-state index in [0.29, 0.717) is 5.56 Å². The van der Waals surface area contributed by atoms with Crippen molar-refractivity contribution >= 4 is 23.0 Å². The van der Waals surface area contributed by atoms with Crippen molar-refractivity contribution in [3.05, 3.63) is 76.5 Å². The van der Waals surface area contributed by atoms with Gasteiger partial charge in [-0.25, -0.2) is 4.79 Å². The van der Waals surface area contributed by atoms with Crippen molar-refractivity contribution in [1.29, 1.82) is 0 Å². The van der Waals surface area contributed by atoms with Crippen LogP contribution in [0.5, 0.6) is 34.5 Å². The van der Waals surface area contributed by atoms with E-state index in [-0.39, 0.29) is 22.6 Å². The number of hydrogen-bond donors (Lipinski definition) is 14. The van der Waals surface area contributed by atoms with E-state index in [1.54, 1.807) is 0 Å². The van der Waals surface area contributed by atoms with Crippen molar-refractivity contribution in [2.24, 2.45) is 0 Å². The van der Waals surface area contributed by atoms with E-state index in [1.165, 1.54) is 57.2 Å². The number of esters is 1. The summed E-state index contributed by atoms with van der Waals surface area (Å²) in [6, 6.07) is 11.0. The quantitative estimate of drug-likeness (QED) is 0.0391. The molecule has 20 atom stereocenters. The molecule has 3 aromatic carbocycles. The van der Waals surface area contributed by atoms with E-state index in [0.717, 1.165) is 30.3 Å². The predicted octanol–water partition coefficient (Wildman–Crippen LogP) is -2.01. The van der Waals surface area contributed by atoms with Crippen LogP contribution in [0.25, 0.3) is 28.4 Å². The van der Waals surface area contributed by atoms with Crippen molar-refractivity contribution in [2.75, 3.05) is 6.61 Å². The summed E-state index contributed by atoms with van der Waals surface area (Å²) >= 11 is 0. The first-order chi connectivity index (χ1) is 35.0. The molecule has 0 radical (unpaired) electrons. The molecule has 26 heteroatoms. The molecular formula is C48H56O26. The van der Waals surface area contributed by atoms with Gasteiger partial charge in [0, 0.05) is 23.8 Å². The largest absolute Gasteiger partial charge is 0.508 e. The van der Waals surface area contributed by atoms with Crippen LogP contribution in [0, 0.1) is 0 Å². The predicted molar refractivity (Wildman–Crippen MR) is 244 cm³/mol. The minimum absolute atomic E-state index is 0.0366. The second kappa shape index (κ2) is 22.2. The Kier molecular flexibility index (Phi) is 16.4. The van der Waals surface area contributed by atoms with Crippen molar-refractivity contribution < 1.29 is 123 Å². The van der Waals surface area contributed by atoms with Gasteiger partial charge in [-0.05, 0) is 62.7 Å². The Morgan fingerprint density at radius 2 is 1.19 bits per heavy atom. The van der Waals surface area contributed by atoms with Crippen molar-refractivity contribution in [3.63, 3.8) is 0 Å². The molecule has 20 unspecified atom stereocenters. The van der Waals surface area contributed by atoms with Gasteiger partial charge in [-0.1, -0.05) is 12.1 Å². The van der Waals surface area contributed by atoms with Crippen LogP contribution in [-0.4, -0.2) is 207 Å². The number of hydrogen-bond acceptors (Lipinski definition) is 26. The lowest BCUT2D eigenvalue weighted by Gasteiger charge is -2.47. The maximum atomic E-state index is 13.2. The fraction of sp³-hybridized carbons (Fsp3) is 0.500. The molecule has 4 aliphatic rings. The topological polar surface area (TPSA) is 414 Å². The highest BCUT2D eigenvalue weighted by atomic mass is 16.8. The van der Waals surface area contributed by atoms with Gasteiger partial charge in [0.25, 0.3) is 0 Å². The number of benzene rings is 3. The molecule has 14 N–H and O–H groups in total. The molecule has 5 heterocycles. The summed E-state index contributed by atoms with van der Waals surface area (Å²) < 4.78 is 57.6. The molecule has 4 fully saturated rings. The molecule has 74 heavy (non-hydrogen) atoms. The SMILES string of the molecule is CC1OC(OC2C(O)C(C)OC(OCC3OC(OC4C(C)OC(Oc5cc(O)c6c(=O)c(O)c(-c7ccc(O)c(O)c7)oc6c5)C(O)C4O)C(O)C(O)C3OC(=O)/C=C/c3ccc(O)cc3)C2O)C(O)C(O)C1O. The molecule has 1 aromatic heterocycles. The number of carbonyl (C=O) groups excluding carboxylic acids is 1. The van der Waals surface area contributed by atoms with Crippen molar-refractivity contribution in [2.45, 2.75) is 144 Å². The van der Waals surface area contributed by atoms with Gasteiger partial charge in [0.15, 0.2) is 42.2 Å². The second-order valence-electron chi connectivity index (χ2n) is 18.2. The Labute approximate surface area is 418 Å². The van der Waals surface area contributed by atoms with Crippen LogP contribution < -0.4 is 10.2 Å². The number of aromatic hydroxyl groups is 5. The van der Waals surface area contributed by atoms with Crippen LogP contribution in [0.3, 0.4) is 0 Å². The first-order valence-corrected chi connectivity index (χ1v) is 23.1. The average molecular weight is 1050 g/mol. The third kappa shape index (κ3) is 11.1. The maximum absolute atomic E-state index is 13.2. The highest BCUT2D eigenvalue weighted by molar-refractivity contribution is 5.88. The third-order valence-electron chi connectivity index (χ3n) is 13.0. The Hall–Kier alpha value is -5.76. The van der Waals surface area contributed by atoms with Gasteiger partial charge in [0.05, 0.1) is 24.9 Å². The number of fused-ring (bicyclic) bond motifs is 1. The van der Waals surface area contributed by atoms with Crippen molar-refractivity contribution in [3.8, 4) is 45.8 Å². The highest BCUT2D eigenvalue weighted by Crippen LogP contribution is 2.40. The van der Waals surface area contributed by atoms with E-state index >= 15 is 0 Å². The number of phenolic OH excluding ortho intramolecular Hbond substituents is 4. The van der Waals surface area contributed by atoms with Crippen LogP contribution in [0.15, 0.2) is 69.9 Å². The molecule has 4 saturated heterocycles. The fourth-order valence-electron chi connectivity index (χ4n) is 8.76. The molecule has 26 nitrogen and oxygen atoms in total. The molecule has 8 rings (SSSR count). The van der Waals surface area contributed by atoms with E-state index in [4.69, 9.17) is 47.0 Å². The van der Waals surface area contributed by atoms with Gasteiger partial charge in [0.2, 0.25) is 17.5 Å². The molecule has 4 aliphatic heterocycles. The highest BCUT2D eigenvalue weighted by Gasteiger charge is 2.54. The summed E-state index contributed by atoms with van der Waals surface area (Å²) in [5, 5.41) is 149. The zero-order chi connectivity index (χ0) is 53.6. The summed E-state index contributed by atoms with van der Waals surface area (Å²) in [6.07, 6.45) is -31.3. The first kappa shape index (κ1) is 54.5. The van der Waals surface area contributed by atoms with Crippen LogP contribution in [-0.2, 0) is 42.7 Å².